The fourth-order valence-electron chi connectivity index (χ4n) is 19.4. The maximum absolute atomic E-state index is 14.7. The van der Waals surface area contributed by atoms with E-state index in [2.05, 4.69) is 54.1 Å². The summed E-state index contributed by atoms with van der Waals surface area (Å²) in [7, 11) is 2.11. The van der Waals surface area contributed by atoms with Crippen molar-refractivity contribution in [3.8, 4) is 50.9 Å². The van der Waals surface area contributed by atoms with Crippen LogP contribution in [0.25, 0.3) is 44.5 Å². The van der Waals surface area contributed by atoms with Crippen molar-refractivity contribution >= 4 is 79.0 Å². The number of H-pyrrole nitrogens is 1. The third-order valence-electron chi connectivity index (χ3n) is 26.8. The van der Waals surface area contributed by atoms with Crippen LogP contribution in [0, 0.1) is 11.3 Å². The molecule has 34 heteroatoms. The van der Waals surface area contributed by atoms with Gasteiger partial charge in [0.1, 0.15) is 79.3 Å². The fraction of sp³-hybridized carbons (Fsp3) is 0.297. The van der Waals surface area contributed by atoms with E-state index in [-0.39, 0.29) is 168 Å². The summed E-state index contributed by atoms with van der Waals surface area (Å²) >= 11 is 0. The first-order valence-corrected chi connectivity index (χ1v) is 49.1. The van der Waals surface area contributed by atoms with E-state index in [0.717, 1.165) is 66.8 Å². The largest absolute Gasteiger partial charge is 0.497 e. The number of carbonyl (C=O) groups excluding carboxylic acids is 8. The van der Waals surface area contributed by atoms with Gasteiger partial charge in [0, 0.05) is 81.6 Å². The average Bonchev–Trinajstić information content (AvgIpc) is 1.75. The van der Waals surface area contributed by atoms with Gasteiger partial charge in [0.25, 0.3) is 11.5 Å². The number of aryl methyl sites for hydroxylation is 1. The highest BCUT2D eigenvalue weighted by Gasteiger charge is 2.47. The van der Waals surface area contributed by atoms with Gasteiger partial charge in [-0.1, -0.05) is 212 Å². The van der Waals surface area contributed by atoms with Crippen LogP contribution >= 0.6 is 8.60 Å². The minimum atomic E-state index is -2.60. The predicted molar refractivity (Wildman–Crippen MR) is 535 cm³/mol. The summed E-state index contributed by atoms with van der Waals surface area (Å²) in [5.41, 5.74) is 12.4. The molecule has 8 atom stereocenters. The lowest BCUT2D eigenvalue weighted by Crippen LogP contribution is -2.42. The number of ketones is 2. The van der Waals surface area contributed by atoms with E-state index in [0.29, 0.717) is 33.8 Å². The average molecular weight is 1980 g/mol. The van der Waals surface area contributed by atoms with Crippen molar-refractivity contribution in [3.63, 3.8) is 0 Å². The summed E-state index contributed by atoms with van der Waals surface area (Å²) in [5, 5.41) is 18.1. The molecule has 742 valence electrons. The molecule has 3 aliphatic carbocycles. The molecule has 18 rings (SSSR count). The van der Waals surface area contributed by atoms with Crippen LogP contribution in [0.5, 0.6) is 11.5 Å². The number of aromatic nitrogens is 6. The van der Waals surface area contributed by atoms with Crippen LogP contribution in [0.3, 0.4) is 0 Å². The third kappa shape index (κ3) is 22.8. The van der Waals surface area contributed by atoms with Crippen molar-refractivity contribution < 1.29 is 94.6 Å². The van der Waals surface area contributed by atoms with Gasteiger partial charge in [-0.25, -0.2) is 19.4 Å². The normalized spacial score (nSPS) is 16.8. The lowest BCUT2D eigenvalue weighted by atomic mass is 9.80. The first-order valence-electron chi connectivity index (χ1n) is 48.0. The molecule has 13 aromatic rings. The number of Topliss-reactive ketones (excluding diaryl/α,β-unsaturated/α-hetero) is 2. The Morgan fingerprint density at radius 1 is 0.552 bits per heavy atom. The number of esters is 2. The van der Waals surface area contributed by atoms with Crippen LogP contribution in [0.4, 0.5) is 21.4 Å². The van der Waals surface area contributed by atoms with Crippen molar-refractivity contribution in [1.29, 1.82) is 5.26 Å². The maximum atomic E-state index is 14.7. The summed E-state index contributed by atoms with van der Waals surface area (Å²) < 4.78 is 78.6. The zero-order chi connectivity index (χ0) is 101. The van der Waals surface area contributed by atoms with Crippen molar-refractivity contribution in [2.45, 2.75) is 144 Å². The SMILES string of the molecule is COc1ccc(C(OC[C@H]2O[C@@H](n3ccc(NC(=O)c4ccc(CCC(=O)C(CCC(=O)OCC5c6ccccc6-c6ccccc65)NC(=O)OCC5c6ccccc6-c6ccccc65)cc4)nc3=O)CC2OP(OCCC#N)OC[C@H]2O[C@@H](n3cnc4c(=O)[nH]c(NC(=O)CCCN(C)C(=O)OCC5c6ccccc6-c6ccccc65)nc43)CC2OC(=O)CCC(C)=O)(c2ccccc2)c2ccc(OC)cc2)cc1. The number of nitrogens with one attached hydrogen (secondary N) is 4. The number of anilines is 2. The van der Waals surface area contributed by atoms with E-state index in [1.165, 1.54) is 39.5 Å². The molecule has 5 aliphatic rings. The van der Waals surface area contributed by atoms with Gasteiger partial charge in [0.15, 0.2) is 16.9 Å². The molecule has 0 bridgehead atoms. The van der Waals surface area contributed by atoms with Crippen LogP contribution in [0.1, 0.15) is 167 Å². The molecule has 2 aliphatic heterocycles. The lowest BCUT2D eigenvalue weighted by Gasteiger charge is -2.37. The lowest BCUT2D eigenvalue weighted by molar-refractivity contribution is -0.153. The fourth-order valence-corrected chi connectivity index (χ4v) is 20.6. The van der Waals surface area contributed by atoms with Crippen LogP contribution in [-0.2, 0) is 82.7 Å². The Hall–Kier alpha value is -15.5. The number of hydrogen-bond donors (Lipinski definition) is 4. The Morgan fingerprint density at radius 3 is 1.63 bits per heavy atom. The van der Waals surface area contributed by atoms with E-state index < -0.39 is 111 Å². The summed E-state index contributed by atoms with van der Waals surface area (Å²) in [4.78, 5) is 155. The Bertz CT molecular complexity index is 6910. The molecule has 2 fully saturated rings. The van der Waals surface area contributed by atoms with Gasteiger partial charge in [-0.05, 0) is 158 Å². The van der Waals surface area contributed by atoms with E-state index in [9.17, 15) is 53.2 Å². The van der Waals surface area contributed by atoms with Crippen LogP contribution in [-0.4, -0.2) is 179 Å². The Balaban J connectivity index is 0.554. The van der Waals surface area contributed by atoms with E-state index >= 15 is 0 Å². The van der Waals surface area contributed by atoms with E-state index in [1.807, 2.05) is 212 Å². The van der Waals surface area contributed by atoms with Gasteiger partial charge < -0.3 is 76.5 Å². The molecule has 10 aromatic carbocycles. The number of methoxy groups -OCH3 is 2. The number of aromatic amines is 1. The number of amides is 4. The molecule has 5 heterocycles. The molecule has 3 aromatic heterocycles. The molecule has 0 spiro atoms. The molecule has 33 nitrogen and oxygen atoms in total. The van der Waals surface area contributed by atoms with Crippen LogP contribution < -0.4 is 36.7 Å². The number of rotatable bonds is 43. The highest BCUT2D eigenvalue weighted by Crippen LogP contribution is 2.52. The number of ether oxygens (including phenoxy) is 9. The van der Waals surface area contributed by atoms with Gasteiger partial charge in [-0.3, -0.25) is 48.2 Å². The number of carbonyl (C=O) groups is 8. The van der Waals surface area contributed by atoms with Crippen molar-refractivity contribution in [1.82, 2.24) is 39.3 Å². The molecule has 2 saturated heterocycles. The second-order valence-corrected chi connectivity index (χ2v) is 37.1. The second-order valence-electron chi connectivity index (χ2n) is 35.9. The quantitative estimate of drug-likeness (QED) is 0.00906. The molecule has 4 amide bonds. The number of hydrogen-bond acceptors (Lipinski definition) is 26. The minimum Gasteiger partial charge on any atom is -0.497 e. The number of alkyl carbamates (subject to hydrolysis) is 1. The van der Waals surface area contributed by atoms with Crippen molar-refractivity contribution in [2.24, 2.45) is 0 Å². The first-order chi connectivity index (χ1) is 70.6. The smallest absolute Gasteiger partial charge is 0.409 e. The zero-order valence-electron chi connectivity index (χ0n) is 80.0. The molecular formula is C111H106N11O22P. The van der Waals surface area contributed by atoms with Crippen LogP contribution in [0.2, 0.25) is 0 Å². The molecule has 145 heavy (non-hydrogen) atoms. The topological polar surface area (TPSA) is 409 Å². The predicted octanol–water partition coefficient (Wildman–Crippen LogP) is 17.2. The number of nitriles is 1. The van der Waals surface area contributed by atoms with Crippen molar-refractivity contribution in [2.75, 3.05) is 78.1 Å². The number of benzene rings is 10. The van der Waals surface area contributed by atoms with E-state index in [1.54, 1.807) is 45.5 Å². The monoisotopic (exact) mass is 1980 g/mol. The van der Waals surface area contributed by atoms with Gasteiger partial charge in [0.05, 0.1) is 71.4 Å². The van der Waals surface area contributed by atoms with Crippen LogP contribution in [0.15, 0.2) is 277 Å². The summed E-state index contributed by atoms with van der Waals surface area (Å²) in [6, 6.07) is 81.1. The summed E-state index contributed by atoms with van der Waals surface area (Å²) in [5.74, 6) is -2.85. The van der Waals surface area contributed by atoms with Gasteiger partial charge in [0.2, 0.25) is 11.9 Å². The second kappa shape index (κ2) is 45.8. The van der Waals surface area contributed by atoms with Crippen molar-refractivity contribution in [3.05, 3.63) is 349 Å². The van der Waals surface area contributed by atoms with Gasteiger partial charge >= 0.3 is 38.4 Å². The highest BCUT2D eigenvalue weighted by atomic mass is 31.2. The first kappa shape index (κ1) is 99.6. The molecule has 4 unspecified atom stereocenters. The molecule has 4 N–H and O–H groups in total. The summed E-state index contributed by atoms with van der Waals surface area (Å²) in [6.07, 6.45) is -6.12. The molecule has 0 radical (unpaired) electrons. The molecule has 0 saturated carbocycles. The maximum Gasteiger partial charge on any atom is 0.409 e. The Labute approximate surface area is 835 Å². The van der Waals surface area contributed by atoms with Gasteiger partial charge in [-0.15, -0.1) is 0 Å². The Morgan fingerprint density at radius 2 is 1.08 bits per heavy atom. The number of imidazole rings is 1. The Kier molecular flexibility index (Phi) is 31.5. The van der Waals surface area contributed by atoms with Gasteiger partial charge in [-0.2, -0.15) is 15.2 Å². The highest BCUT2D eigenvalue weighted by molar-refractivity contribution is 7.41. The zero-order valence-corrected chi connectivity index (χ0v) is 80.9. The molecular weight excluding hydrogens is 1870 g/mol. The minimum absolute atomic E-state index is 0.00671. The van der Waals surface area contributed by atoms with E-state index in [4.69, 9.17) is 56.2 Å². The number of nitrogens with zero attached hydrogens (tertiary/aromatic N) is 7. The number of fused-ring (bicyclic) bond motifs is 10. The summed E-state index contributed by atoms with van der Waals surface area (Å²) in [6.45, 7) is 0.777. The third-order valence-corrected chi connectivity index (χ3v) is 28.0. The standard InChI is InChI=1S/C111H106N11O22P/c1-68(123)37-53-102(127)143-93-60-100(122-67-113-103-104(122)118-107(119-106(103)129)117-98(125)36-20-57-120(2)110(132)137-64-90-86-34-18-12-28-80(86)81-29-13-19-35-87(81)90)142-96(93)66-140-145(139-59-21-56-112)144-94-61-99(141-95(94)65-138-111(71-22-6-5-7-23-71,72-43-47-74(133-3)48-44-72)73-45-49-75(134-4)50-46-73)121-58-55-97(116-108(121)130)115-105(128)70-41-38-69(39-42-70)40-52-92(124)91(114-109(131)136-63-89-84-32-16-10-26-78(84)79-27-11-17-33-85(79)89)51-54-101(126)135-62-88-82-30-14-8-24-76(82)77-25-9-15-31-83(77)88/h5-19,22-35,38-39,41-50,55,58,67,88-91,93-96,99-100H,20-21,36-37,40,51-54,57,59-66H2,1-4H3,(H,114,131)(H,115,116,128,130)(H2,117,118,119,125,129)/t91?,93?,94?,95-,96-,99-,100-,145?/m1/s1.